The first kappa shape index (κ1) is 10.2. The first-order valence-corrected chi connectivity index (χ1v) is 6.23. The van der Waals surface area contributed by atoms with Crippen LogP contribution in [0, 0.1) is 11.8 Å². The van der Waals surface area contributed by atoms with Gasteiger partial charge in [0, 0.05) is 16.7 Å². The van der Waals surface area contributed by atoms with E-state index in [0.29, 0.717) is 0 Å². The topological polar surface area (TPSA) is 12.9 Å². The number of hydrogen-bond acceptors (Lipinski definition) is 1. The summed E-state index contributed by atoms with van der Waals surface area (Å²) in [5.41, 5.74) is 1.24. The van der Waals surface area contributed by atoms with Gasteiger partial charge in [-0.1, -0.05) is 28.9 Å². The summed E-state index contributed by atoms with van der Waals surface area (Å²) in [7, 11) is 0. The van der Waals surface area contributed by atoms with Gasteiger partial charge in [-0.25, -0.2) is 0 Å². The maximum atomic E-state index is 4.39. The zero-order chi connectivity index (χ0) is 9.97. The van der Waals surface area contributed by atoms with Crippen LogP contribution in [-0.4, -0.2) is 9.81 Å². The molecule has 3 atom stereocenters. The quantitative estimate of drug-likeness (QED) is 0.737. The van der Waals surface area contributed by atoms with E-state index in [0.717, 1.165) is 23.1 Å². The summed E-state index contributed by atoms with van der Waals surface area (Å²) >= 11 is 3.74. The van der Waals surface area contributed by atoms with Crippen LogP contribution in [0.15, 0.2) is 24.4 Å². The van der Waals surface area contributed by atoms with Gasteiger partial charge in [-0.2, -0.15) is 0 Å². The lowest BCUT2D eigenvalue weighted by Crippen LogP contribution is -2.13. The summed E-state index contributed by atoms with van der Waals surface area (Å²) < 4.78 is 0. The molecule has 0 N–H and O–H groups in total. The second-order valence-electron chi connectivity index (χ2n) is 4.24. The molecule has 1 nitrogen and oxygen atoms in total. The van der Waals surface area contributed by atoms with Gasteiger partial charge in [0.25, 0.3) is 0 Å². The highest BCUT2D eigenvalue weighted by molar-refractivity contribution is 9.09. The molecule has 2 rings (SSSR count). The van der Waals surface area contributed by atoms with Crippen LogP contribution in [-0.2, 0) is 6.42 Å². The molecule has 1 aromatic rings. The number of aromatic nitrogens is 1. The van der Waals surface area contributed by atoms with E-state index in [2.05, 4.69) is 40.0 Å². The largest absolute Gasteiger partial charge is 0.261 e. The lowest BCUT2D eigenvalue weighted by atomic mass is 9.93. The minimum absolute atomic E-state index is 0.719. The van der Waals surface area contributed by atoms with Gasteiger partial charge >= 0.3 is 0 Å². The minimum Gasteiger partial charge on any atom is -0.261 e. The van der Waals surface area contributed by atoms with Crippen molar-refractivity contribution in [3.05, 3.63) is 30.1 Å². The van der Waals surface area contributed by atoms with Crippen LogP contribution >= 0.6 is 15.9 Å². The normalized spacial score (nSPS) is 32.0. The first-order valence-electron chi connectivity index (χ1n) is 5.31. The zero-order valence-electron chi connectivity index (χ0n) is 8.49. The van der Waals surface area contributed by atoms with E-state index in [1.54, 1.807) is 0 Å². The van der Waals surface area contributed by atoms with Crippen LogP contribution < -0.4 is 0 Å². The predicted octanol–water partition coefficient (Wildman–Crippen LogP) is 3.43. The summed E-state index contributed by atoms with van der Waals surface area (Å²) in [6, 6.07) is 6.19. The Morgan fingerprint density at radius 1 is 1.43 bits per heavy atom. The van der Waals surface area contributed by atoms with Crippen molar-refractivity contribution in [3.63, 3.8) is 0 Å². The highest BCUT2D eigenvalue weighted by Crippen LogP contribution is 2.37. The Morgan fingerprint density at radius 2 is 2.29 bits per heavy atom. The molecule has 1 heterocycles. The first-order chi connectivity index (χ1) is 6.77. The Bertz CT molecular complexity index is 286. The number of hydrogen-bond donors (Lipinski definition) is 0. The molecular formula is C12H16BrN. The minimum atomic E-state index is 0.719. The Kier molecular flexibility index (Phi) is 3.22. The number of halogens is 1. The second kappa shape index (κ2) is 4.43. The Labute approximate surface area is 94.1 Å². The summed E-state index contributed by atoms with van der Waals surface area (Å²) in [5, 5.41) is 0. The summed E-state index contributed by atoms with van der Waals surface area (Å²) in [6.45, 7) is 2.35. The van der Waals surface area contributed by atoms with Gasteiger partial charge in [0.1, 0.15) is 0 Å². The fourth-order valence-electron chi connectivity index (χ4n) is 2.27. The molecule has 1 fully saturated rings. The van der Waals surface area contributed by atoms with Crippen LogP contribution in [0.5, 0.6) is 0 Å². The van der Waals surface area contributed by atoms with E-state index in [9.17, 15) is 0 Å². The lowest BCUT2D eigenvalue weighted by Gasteiger charge is -2.16. The molecule has 3 unspecified atom stereocenters. The second-order valence-corrected chi connectivity index (χ2v) is 5.41. The third kappa shape index (κ3) is 2.17. The molecule has 2 heteroatoms. The Morgan fingerprint density at radius 3 is 2.86 bits per heavy atom. The van der Waals surface area contributed by atoms with E-state index in [4.69, 9.17) is 0 Å². The van der Waals surface area contributed by atoms with Crippen molar-refractivity contribution in [2.45, 2.75) is 31.0 Å². The van der Waals surface area contributed by atoms with Crippen molar-refractivity contribution < 1.29 is 0 Å². The van der Waals surface area contributed by atoms with Gasteiger partial charge in [-0.05, 0) is 43.2 Å². The van der Waals surface area contributed by atoms with Crippen LogP contribution in [0.4, 0.5) is 0 Å². The Hall–Kier alpha value is -0.370. The van der Waals surface area contributed by atoms with Gasteiger partial charge in [0.2, 0.25) is 0 Å². The maximum Gasteiger partial charge on any atom is 0.0406 e. The van der Waals surface area contributed by atoms with Crippen molar-refractivity contribution in [2.24, 2.45) is 11.8 Å². The van der Waals surface area contributed by atoms with E-state index >= 15 is 0 Å². The van der Waals surface area contributed by atoms with Gasteiger partial charge in [0.05, 0.1) is 0 Å². The third-order valence-electron chi connectivity index (χ3n) is 3.32. The molecule has 0 spiro atoms. The molecule has 0 aromatic carbocycles. The molecule has 0 bridgehead atoms. The van der Waals surface area contributed by atoms with Gasteiger partial charge < -0.3 is 0 Å². The average Bonchev–Trinajstić information content (AvgIpc) is 2.52. The number of alkyl halides is 1. The molecule has 1 aliphatic rings. The average molecular weight is 254 g/mol. The molecule has 14 heavy (non-hydrogen) atoms. The Balaban J connectivity index is 1.99. The number of rotatable bonds is 2. The molecule has 1 aliphatic carbocycles. The van der Waals surface area contributed by atoms with Crippen LogP contribution in [0.3, 0.4) is 0 Å². The van der Waals surface area contributed by atoms with Crippen molar-refractivity contribution >= 4 is 15.9 Å². The van der Waals surface area contributed by atoms with Crippen molar-refractivity contribution in [3.8, 4) is 0 Å². The summed E-state index contributed by atoms with van der Waals surface area (Å²) in [4.78, 5) is 5.11. The summed E-state index contributed by atoms with van der Waals surface area (Å²) in [5.74, 6) is 1.60. The SMILES string of the molecule is CC1C(Br)CCC1Cc1ccccn1. The number of nitrogens with zero attached hydrogens (tertiary/aromatic N) is 1. The van der Waals surface area contributed by atoms with E-state index < -0.39 is 0 Å². The van der Waals surface area contributed by atoms with Crippen molar-refractivity contribution in [1.82, 2.24) is 4.98 Å². The molecule has 0 radical (unpaired) electrons. The number of pyridine rings is 1. The van der Waals surface area contributed by atoms with Crippen molar-refractivity contribution in [1.29, 1.82) is 0 Å². The third-order valence-corrected chi connectivity index (χ3v) is 4.62. The monoisotopic (exact) mass is 253 g/mol. The molecule has 1 aromatic heterocycles. The molecular weight excluding hydrogens is 238 g/mol. The van der Waals surface area contributed by atoms with E-state index in [-0.39, 0.29) is 0 Å². The van der Waals surface area contributed by atoms with Crippen LogP contribution in [0.1, 0.15) is 25.5 Å². The van der Waals surface area contributed by atoms with Crippen LogP contribution in [0.25, 0.3) is 0 Å². The van der Waals surface area contributed by atoms with E-state index in [1.807, 2.05) is 12.3 Å². The standard InChI is InChI=1S/C12H16BrN/c1-9-10(5-6-12(9)13)8-11-4-2-3-7-14-11/h2-4,7,9-10,12H,5-6,8H2,1H3. The smallest absolute Gasteiger partial charge is 0.0406 e. The van der Waals surface area contributed by atoms with Crippen molar-refractivity contribution in [2.75, 3.05) is 0 Å². The van der Waals surface area contributed by atoms with Crippen LogP contribution in [0.2, 0.25) is 0 Å². The summed E-state index contributed by atoms with van der Waals surface area (Å²) in [6.07, 6.45) is 5.69. The lowest BCUT2D eigenvalue weighted by molar-refractivity contribution is 0.419. The molecule has 1 saturated carbocycles. The molecule has 0 amide bonds. The molecule has 76 valence electrons. The fraction of sp³-hybridized carbons (Fsp3) is 0.583. The predicted molar refractivity (Wildman–Crippen MR) is 62.5 cm³/mol. The van der Waals surface area contributed by atoms with E-state index in [1.165, 1.54) is 18.5 Å². The van der Waals surface area contributed by atoms with Gasteiger partial charge in [0.15, 0.2) is 0 Å². The zero-order valence-corrected chi connectivity index (χ0v) is 10.1. The fourth-order valence-corrected chi connectivity index (χ4v) is 2.97. The van der Waals surface area contributed by atoms with Gasteiger partial charge in [-0.3, -0.25) is 4.98 Å². The van der Waals surface area contributed by atoms with Gasteiger partial charge in [-0.15, -0.1) is 0 Å². The molecule has 0 aliphatic heterocycles. The maximum absolute atomic E-state index is 4.39. The highest BCUT2D eigenvalue weighted by atomic mass is 79.9. The molecule has 0 saturated heterocycles. The highest BCUT2D eigenvalue weighted by Gasteiger charge is 2.30.